The molecule has 0 aromatic heterocycles. The molecule has 0 saturated heterocycles. The van der Waals surface area contributed by atoms with Crippen LogP contribution in [0.25, 0.3) is 0 Å². The van der Waals surface area contributed by atoms with E-state index in [4.69, 9.17) is 0 Å². The number of carbonyl (C=O) groups excluding carboxylic acids is 1. The third kappa shape index (κ3) is 1.21. The Hall–Kier alpha value is -0.330. The number of Topliss-reactive ketones (excluding diaryl/α,β-unsaturated/α-hetero) is 1. The first-order valence-corrected chi connectivity index (χ1v) is 4.85. The fourth-order valence-electron chi connectivity index (χ4n) is 2.57. The Labute approximate surface area is 68.2 Å². The van der Waals surface area contributed by atoms with E-state index in [1.807, 2.05) is 6.92 Å². The Morgan fingerprint density at radius 1 is 1.45 bits per heavy atom. The number of fused-ring (bicyclic) bond motifs is 1. The SMILES string of the molecule is CCC(=O)C1CCCC2CC21. The molecule has 3 atom stereocenters. The zero-order valence-electron chi connectivity index (χ0n) is 7.18. The minimum atomic E-state index is 0.471. The standard InChI is InChI=1S/C10H16O/c1-2-10(11)8-5-3-4-7-6-9(7)8/h7-9H,2-6H2,1H3. The topological polar surface area (TPSA) is 17.1 Å². The molecule has 0 radical (unpaired) electrons. The van der Waals surface area contributed by atoms with Gasteiger partial charge in [0.25, 0.3) is 0 Å². The maximum absolute atomic E-state index is 11.4. The van der Waals surface area contributed by atoms with Gasteiger partial charge in [-0.2, -0.15) is 0 Å². The van der Waals surface area contributed by atoms with E-state index in [0.717, 1.165) is 18.3 Å². The largest absolute Gasteiger partial charge is 0.299 e. The minimum Gasteiger partial charge on any atom is -0.299 e. The molecule has 0 spiro atoms. The van der Waals surface area contributed by atoms with Gasteiger partial charge in [0, 0.05) is 12.3 Å². The van der Waals surface area contributed by atoms with Crippen LogP contribution in [0.5, 0.6) is 0 Å². The number of hydrogen-bond acceptors (Lipinski definition) is 1. The second kappa shape index (κ2) is 2.62. The highest BCUT2D eigenvalue weighted by Gasteiger charge is 2.47. The molecule has 0 bridgehead atoms. The summed E-state index contributed by atoms with van der Waals surface area (Å²) < 4.78 is 0. The van der Waals surface area contributed by atoms with E-state index in [1.165, 1.54) is 25.7 Å². The molecule has 2 aliphatic carbocycles. The average Bonchev–Trinajstić information content (AvgIpc) is 2.80. The Kier molecular flexibility index (Phi) is 1.74. The van der Waals surface area contributed by atoms with E-state index < -0.39 is 0 Å². The summed E-state index contributed by atoms with van der Waals surface area (Å²) in [7, 11) is 0. The van der Waals surface area contributed by atoms with Gasteiger partial charge in [-0.1, -0.05) is 19.8 Å². The normalized spacial score (nSPS) is 41.4. The predicted molar refractivity (Wildman–Crippen MR) is 44.2 cm³/mol. The van der Waals surface area contributed by atoms with Gasteiger partial charge in [0.05, 0.1) is 0 Å². The quantitative estimate of drug-likeness (QED) is 0.593. The van der Waals surface area contributed by atoms with Crippen molar-refractivity contribution in [1.29, 1.82) is 0 Å². The molecular weight excluding hydrogens is 136 g/mol. The Balaban J connectivity index is 1.97. The summed E-state index contributed by atoms with van der Waals surface area (Å²) >= 11 is 0. The van der Waals surface area contributed by atoms with Crippen LogP contribution in [-0.2, 0) is 4.79 Å². The number of hydrogen-bond donors (Lipinski definition) is 0. The molecule has 2 aliphatic rings. The van der Waals surface area contributed by atoms with Crippen molar-refractivity contribution in [3.05, 3.63) is 0 Å². The van der Waals surface area contributed by atoms with Crippen molar-refractivity contribution >= 4 is 5.78 Å². The molecule has 2 fully saturated rings. The monoisotopic (exact) mass is 152 g/mol. The van der Waals surface area contributed by atoms with E-state index in [0.29, 0.717) is 11.7 Å². The summed E-state index contributed by atoms with van der Waals surface area (Å²) in [6.07, 6.45) is 6.01. The van der Waals surface area contributed by atoms with Gasteiger partial charge in [0.1, 0.15) is 5.78 Å². The van der Waals surface area contributed by atoms with E-state index in [9.17, 15) is 4.79 Å². The van der Waals surface area contributed by atoms with Gasteiger partial charge >= 0.3 is 0 Å². The molecule has 0 heterocycles. The maximum atomic E-state index is 11.4. The first kappa shape index (κ1) is 7.33. The van der Waals surface area contributed by atoms with Crippen LogP contribution in [0.1, 0.15) is 39.0 Å². The van der Waals surface area contributed by atoms with Gasteiger partial charge in [0.2, 0.25) is 0 Å². The fourth-order valence-corrected chi connectivity index (χ4v) is 2.57. The molecular formula is C10H16O. The Morgan fingerprint density at radius 2 is 2.27 bits per heavy atom. The lowest BCUT2D eigenvalue weighted by Gasteiger charge is -2.18. The van der Waals surface area contributed by atoms with Crippen molar-refractivity contribution in [3.8, 4) is 0 Å². The molecule has 2 rings (SSSR count). The van der Waals surface area contributed by atoms with E-state index in [2.05, 4.69) is 0 Å². The molecule has 2 saturated carbocycles. The van der Waals surface area contributed by atoms with Crippen LogP contribution in [0.3, 0.4) is 0 Å². The van der Waals surface area contributed by atoms with Gasteiger partial charge in [0.15, 0.2) is 0 Å². The molecule has 11 heavy (non-hydrogen) atoms. The van der Waals surface area contributed by atoms with Crippen LogP contribution >= 0.6 is 0 Å². The van der Waals surface area contributed by atoms with Crippen molar-refractivity contribution in [2.45, 2.75) is 39.0 Å². The predicted octanol–water partition coefficient (Wildman–Crippen LogP) is 2.40. The highest BCUT2D eigenvalue weighted by molar-refractivity contribution is 5.81. The Morgan fingerprint density at radius 3 is 3.00 bits per heavy atom. The number of rotatable bonds is 2. The molecule has 0 aromatic carbocycles. The lowest BCUT2D eigenvalue weighted by atomic mass is 9.85. The lowest BCUT2D eigenvalue weighted by molar-refractivity contribution is -0.123. The highest BCUT2D eigenvalue weighted by Crippen LogP contribution is 2.53. The molecule has 0 aromatic rings. The molecule has 0 amide bonds. The summed E-state index contributed by atoms with van der Waals surface area (Å²) in [5.41, 5.74) is 0. The second-order valence-corrected chi connectivity index (χ2v) is 4.02. The molecule has 0 aliphatic heterocycles. The summed E-state index contributed by atoms with van der Waals surface area (Å²) in [6, 6.07) is 0. The van der Waals surface area contributed by atoms with Crippen LogP contribution in [0.15, 0.2) is 0 Å². The van der Waals surface area contributed by atoms with E-state index in [-0.39, 0.29) is 0 Å². The van der Waals surface area contributed by atoms with Gasteiger partial charge in [-0.15, -0.1) is 0 Å². The maximum Gasteiger partial charge on any atom is 0.135 e. The van der Waals surface area contributed by atoms with Crippen molar-refractivity contribution in [2.24, 2.45) is 17.8 Å². The first-order chi connectivity index (χ1) is 5.33. The van der Waals surface area contributed by atoms with Crippen molar-refractivity contribution in [2.75, 3.05) is 0 Å². The number of carbonyl (C=O) groups is 1. The van der Waals surface area contributed by atoms with Crippen molar-refractivity contribution in [1.82, 2.24) is 0 Å². The fraction of sp³-hybridized carbons (Fsp3) is 0.900. The molecule has 0 N–H and O–H groups in total. The second-order valence-electron chi connectivity index (χ2n) is 4.02. The van der Waals surface area contributed by atoms with E-state index in [1.54, 1.807) is 0 Å². The highest BCUT2D eigenvalue weighted by atomic mass is 16.1. The van der Waals surface area contributed by atoms with Gasteiger partial charge in [-0.3, -0.25) is 4.79 Å². The zero-order valence-corrected chi connectivity index (χ0v) is 7.18. The molecule has 62 valence electrons. The summed E-state index contributed by atoms with van der Waals surface area (Å²) in [5.74, 6) is 2.76. The molecule has 1 nitrogen and oxygen atoms in total. The van der Waals surface area contributed by atoms with Gasteiger partial charge in [-0.25, -0.2) is 0 Å². The van der Waals surface area contributed by atoms with Gasteiger partial charge in [-0.05, 0) is 24.7 Å². The summed E-state index contributed by atoms with van der Waals surface area (Å²) in [5, 5.41) is 0. The van der Waals surface area contributed by atoms with Crippen LogP contribution in [0.2, 0.25) is 0 Å². The average molecular weight is 152 g/mol. The zero-order chi connectivity index (χ0) is 7.84. The Bertz CT molecular complexity index is 174. The minimum absolute atomic E-state index is 0.471. The van der Waals surface area contributed by atoms with Crippen LogP contribution in [-0.4, -0.2) is 5.78 Å². The van der Waals surface area contributed by atoms with Crippen molar-refractivity contribution in [3.63, 3.8) is 0 Å². The van der Waals surface area contributed by atoms with Gasteiger partial charge < -0.3 is 0 Å². The first-order valence-electron chi connectivity index (χ1n) is 4.85. The lowest BCUT2D eigenvalue weighted by Crippen LogP contribution is -2.19. The number of ketones is 1. The molecule has 3 unspecified atom stereocenters. The smallest absolute Gasteiger partial charge is 0.135 e. The van der Waals surface area contributed by atoms with E-state index >= 15 is 0 Å². The molecule has 1 heteroatoms. The summed E-state index contributed by atoms with van der Waals surface area (Å²) in [4.78, 5) is 11.4. The van der Waals surface area contributed by atoms with Crippen LogP contribution in [0, 0.1) is 17.8 Å². The third-order valence-corrected chi connectivity index (χ3v) is 3.35. The van der Waals surface area contributed by atoms with Crippen LogP contribution < -0.4 is 0 Å². The third-order valence-electron chi connectivity index (χ3n) is 3.35. The summed E-state index contributed by atoms with van der Waals surface area (Å²) in [6.45, 7) is 1.99. The van der Waals surface area contributed by atoms with Crippen LogP contribution in [0.4, 0.5) is 0 Å². The van der Waals surface area contributed by atoms with Crippen molar-refractivity contribution < 1.29 is 4.79 Å².